The van der Waals surface area contributed by atoms with E-state index in [1.54, 1.807) is 6.20 Å². The summed E-state index contributed by atoms with van der Waals surface area (Å²) in [5.74, 6) is 0.227. The third-order valence-electron chi connectivity index (χ3n) is 2.45. The summed E-state index contributed by atoms with van der Waals surface area (Å²) >= 11 is 6.23. The molecule has 0 saturated heterocycles. The lowest BCUT2D eigenvalue weighted by atomic mass is 9.90. The molecular weight excluding hydrogens is 222 g/mol. The molecule has 0 amide bonds. The summed E-state index contributed by atoms with van der Waals surface area (Å²) in [6, 6.07) is 0. The minimum atomic E-state index is -0.161. The summed E-state index contributed by atoms with van der Waals surface area (Å²) in [5.41, 5.74) is 1.90. The van der Waals surface area contributed by atoms with Gasteiger partial charge in [-0.2, -0.15) is 0 Å². The molecule has 0 aromatic carbocycles. The molecule has 1 aromatic heterocycles. The number of hydrogen-bond acceptors (Lipinski definition) is 2. The Balaban J connectivity index is 3.49. The van der Waals surface area contributed by atoms with Gasteiger partial charge in [0.2, 0.25) is 5.39 Å². The van der Waals surface area contributed by atoms with Crippen LogP contribution in [0.4, 0.5) is 5.69 Å². The van der Waals surface area contributed by atoms with Gasteiger partial charge in [0.1, 0.15) is 0 Å². The van der Waals surface area contributed by atoms with Gasteiger partial charge in [-0.3, -0.25) is 4.98 Å². The molecule has 86 valence electrons. The fraction of sp³-hybridized carbons (Fsp3) is 0.583. The Morgan fingerprint density at radius 3 is 2.31 bits per heavy atom. The first-order chi connectivity index (χ1) is 7.29. The molecule has 1 aromatic rings. The number of diazo groups is 1. The van der Waals surface area contributed by atoms with Gasteiger partial charge < -0.3 is 0 Å². The van der Waals surface area contributed by atoms with E-state index in [4.69, 9.17) is 17.0 Å². The van der Waals surface area contributed by atoms with Crippen molar-refractivity contribution in [2.45, 2.75) is 46.0 Å². The summed E-state index contributed by atoms with van der Waals surface area (Å²) < 4.78 is 0. The van der Waals surface area contributed by atoms with Crippen LogP contribution in [0.5, 0.6) is 0 Å². The van der Waals surface area contributed by atoms with E-state index in [1.807, 2.05) is 34.6 Å². The summed E-state index contributed by atoms with van der Waals surface area (Å²) in [6.45, 7) is 10.1. The van der Waals surface area contributed by atoms with Crippen molar-refractivity contribution in [1.29, 1.82) is 5.39 Å². The Kier molecular flexibility index (Phi) is 3.54. The Bertz CT molecular complexity index is 439. The van der Waals surface area contributed by atoms with Crippen LogP contribution in [0.2, 0.25) is 5.02 Å². The number of aromatic nitrogens is 1. The van der Waals surface area contributed by atoms with Crippen molar-refractivity contribution in [1.82, 2.24) is 4.98 Å². The first-order valence-electron chi connectivity index (χ1n) is 5.33. The van der Waals surface area contributed by atoms with Crippen molar-refractivity contribution in [3.63, 3.8) is 0 Å². The van der Waals surface area contributed by atoms with Gasteiger partial charge in [0.05, 0.1) is 11.3 Å². The fourth-order valence-corrected chi connectivity index (χ4v) is 2.02. The maximum atomic E-state index is 9.05. The monoisotopic (exact) mass is 238 g/mol. The summed E-state index contributed by atoms with van der Waals surface area (Å²) in [7, 11) is 0. The quantitative estimate of drug-likeness (QED) is 0.669. The zero-order valence-corrected chi connectivity index (χ0v) is 11.1. The minimum absolute atomic E-state index is 0.161. The Hall–Kier alpha value is -1.14. The summed E-state index contributed by atoms with van der Waals surface area (Å²) in [5, 5.41) is 9.50. The number of rotatable bonds is 1. The van der Waals surface area contributed by atoms with Crippen molar-refractivity contribution in [3.8, 4) is 0 Å². The fourth-order valence-electron chi connectivity index (χ4n) is 1.54. The number of hydrogen-bond donors (Lipinski definition) is 0. The van der Waals surface area contributed by atoms with E-state index in [2.05, 4.69) is 9.96 Å². The van der Waals surface area contributed by atoms with Crippen LogP contribution in [0, 0.1) is 5.39 Å². The second-order valence-corrected chi connectivity index (χ2v) is 5.61. The second-order valence-electron chi connectivity index (χ2n) is 5.23. The number of pyridine rings is 1. The van der Waals surface area contributed by atoms with E-state index in [-0.39, 0.29) is 11.3 Å². The molecule has 0 saturated carbocycles. The van der Waals surface area contributed by atoms with E-state index in [0.717, 1.165) is 11.3 Å². The van der Waals surface area contributed by atoms with Gasteiger partial charge in [-0.15, -0.1) is 0 Å². The lowest BCUT2D eigenvalue weighted by Crippen LogP contribution is -2.14. The van der Waals surface area contributed by atoms with Gasteiger partial charge in [0, 0.05) is 11.6 Å². The maximum absolute atomic E-state index is 9.05. The van der Waals surface area contributed by atoms with Crippen molar-refractivity contribution >= 4 is 17.3 Å². The van der Waals surface area contributed by atoms with Crippen LogP contribution in [-0.2, 0) is 5.41 Å². The van der Waals surface area contributed by atoms with Crippen LogP contribution < -0.4 is 0 Å². The van der Waals surface area contributed by atoms with E-state index in [9.17, 15) is 0 Å². The van der Waals surface area contributed by atoms with Gasteiger partial charge in [0.25, 0.3) is 0 Å². The van der Waals surface area contributed by atoms with E-state index in [1.165, 1.54) is 0 Å². The highest BCUT2D eigenvalue weighted by Crippen LogP contribution is 2.39. The first kappa shape index (κ1) is 12.9. The van der Waals surface area contributed by atoms with Crippen LogP contribution in [0.3, 0.4) is 0 Å². The van der Waals surface area contributed by atoms with Gasteiger partial charge >= 0.3 is 5.69 Å². The molecule has 3 nitrogen and oxygen atoms in total. The molecule has 1 rings (SSSR count). The number of nitrogens with zero attached hydrogens (tertiary/aromatic N) is 3. The van der Waals surface area contributed by atoms with E-state index >= 15 is 0 Å². The lowest BCUT2D eigenvalue weighted by molar-refractivity contribution is 0.568. The third kappa shape index (κ3) is 2.33. The van der Waals surface area contributed by atoms with Gasteiger partial charge in [-0.05, 0) is 5.92 Å². The Morgan fingerprint density at radius 1 is 1.38 bits per heavy atom. The summed E-state index contributed by atoms with van der Waals surface area (Å²) in [4.78, 5) is 7.67. The van der Waals surface area contributed by atoms with Crippen LogP contribution in [0.15, 0.2) is 6.20 Å². The molecule has 1 heterocycles. The highest BCUT2D eigenvalue weighted by Gasteiger charge is 2.30. The molecular formula is C12H17ClN3+. The minimum Gasteiger partial charge on any atom is -0.258 e. The van der Waals surface area contributed by atoms with Gasteiger partial charge in [-0.25, -0.2) is 0 Å². The topological polar surface area (TPSA) is 41.0 Å². The van der Waals surface area contributed by atoms with Crippen molar-refractivity contribution in [3.05, 3.63) is 27.5 Å². The normalized spacial score (nSPS) is 11.6. The predicted molar refractivity (Wildman–Crippen MR) is 66.8 cm³/mol. The van der Waals surface area contributed by atoms with Gasteiger partial charge in [0.15, 0.2) is 10.00 Å². The van der Waals surface area contributed by atoms with Crippen molar-refractivity contribution < 1.29 is 0 Å². The molecule has 0 fully saturated rings. The average molecular weight is 239 g/mol. The SMILES string of the molecule is CC(C)c1cnc(C(C)(C)C)c(Cl)c1[N+]#N. The molecule has 16 heavy (non-hydrogen) atoms. The largest absolute Gasteiger partial charge is 0.410 e. The molecule has 0 unspecified atom stereocenters. The van der Waals surface area contributed by atoms with Crippen LogP contribution >= 0.6 is 11.6 Å². The summed E-state index contributed by atoms with van der Waals surface area (Å²) in [6.07, 6.45) is 1.74. The lowest BCUT2D eigenvalue weighted by Gasteiger charge is -2.18. The van der Waals surface area contributed by atoms with Crippen molar-refractivity contribution in [2.75, 3.05) is 0 Å². The molecule has 0 radical (unpaired) electrons. The van der Waals surface area contributed by atoms with Crippen LogP contribution in [0.1, 0.15) is 51.8 Å². The molecule has 0 aliphatic rings. The second kappa shape index (κ2) is 4.39. The van der Waals surface area contributed by atoms with Crippen LogP contribution in [0.25, 0.3) is 4.98 Å². The van der Waals surface area contributed by atoms with Crippen LogP contribution in [-0.4, -0.2) is 4.98 Å². The molecule has 0 N–H and O–H groups in total. The molecule has 0 aliphatic heterocycles. The highest BCUT2D eigenvalue weighted by atomic mass is 35.5. The van der Waals surface area contributed by atoms with Gasteiger partial charge in [-0.1, -0.05) is 46.2 Å². The standard InChI is InChI=1S/C12H17ClN3/c1-7(2)8-6-15-11(12(3,4)5)9(13)10(8)16-14/h6-7H,1-5H3/q+1. The predicted octanol–water partition coefficient (Wildman–Crippen LogP) is 4.64. The van der Waals surface area contributed by atoms with Crippen molar-refractivity contribution in [2.24, 2.45) is 0 Å². The first-order valence-corrected chi connectivity index (χ1v) is 5.70. The molecule has 4 heteroatoms. The molecule has 0 atom stereocenters. The maximum Gasteiger partial charge on any atom is 0.410 e. The smallest absolute Gasteiger partial charge is 0.258 e. The van der Waals surface area contributed by atoms with E-state index < -0.39 is 0 Å². The molecule has 0 aliphatic carbocycles. The zero-order chi connectivity index (χ0) is 12.5. The average Bonchev–Trinajstić information content (AvgIpc) is 2.14. The molecule has 0 bridgehead atoms. The Morgan fingerprint density at radius 2 is 1.94 bits per heavy atom. The van der Waals surface area contributed by atoms with E-state index in [0.29, 0.717) is 10.7 Å². The Labute approximate surface area is 101 Å². The highest BCUT2D eigenvalue weighted by molar-refractivity contribution is 6.34. The molecule has 0 spiro atoms. The zero-order valence-electron chi connectivity index (χ0n) is 10.4. The number of halogens is 1. The third-order valence-corrected chi connectivity index (χ3v) is 2.81.